The lowest BCUT2D eigenvalue weighted by Gasteiger charge is -2.55. The van der Waals surface area contributed by atoms with E-state index in [1.165, 1.54) is 0 Å². The first-order chi connectivity index (χ1) is 7.24. The van der Waals surface area contributed by atoms with Gasteiger partial charge in [0.15, 0.2) is 0 Å². The lowest BCUT2D eigenvalue weighted by molar-refractivity contribution is -0.337. The van der Waals surface area contributed by atoms with Crippen LogP contribution in [-0.2, 0) is 14.2 Å². The molecule has 0 aliphatic carbocycles. The molecule has 0 N–H and O–H groups in total. The van der Waals surface area contributed by atoms with Crippen molar-refractivity contribution in [3.63, 3.8) is 0 Å². The van der Waals surface area contributed by atoms with E-state index in [2.05, 4.69) is 41.5 Å². The van der Waals surface area contributed by atoms with Crippen LogP contribution in [0.25, 0.3) is 0 Å². The van der Waals surface area contributed by atoms with E-state index in [9.17, 15) is 0 Å². The standard InChI is InChI=1S/C13H24O3/c1-8-7-14-9(2)11-10(8)15-12(3,4)13(5,6)16-11/h8-11H,7H2,1-6H3/t8-,9+,10?,11-/m1/s1. The molecule has 2 aliphatic heterocycles. The Balaban J connectivity index is 2.24. The van der Waals surface area contributed by atoms with Gasteiger partial charge in [-0.3, -0.25) is 0 Å². The third-order valence-electron chi connectivity index (χ3n) is 4.28. The Morgan fingerprint density at radius 1 is 0.875 bits per heavy atom. The molecule has 2 rings (SSSR count). The largest absolute Gasteiger partial charge is 0.375 e. The summed E-state index contributed by atoms with van der Waals surface area (Å²) in [5.74, 6) is 0.400. The van der Waals surface area contributed by atoms with Crippen LogP contribution in [0.4, 0.5) is 0 Å². The molecule has 2 saturated heterocycles. The average Bonchev–Trinajstić information content (AvgIpc) is 2.15. The van der Waals surface area contributed by atoms with Crippen molar-refractivity contribution in [2.24, 2.45) is 5.92 Å². The Hall–Kier alpha value is -0.120. The fourth-order valence-electron chi connectivity index (χ4n) is 2.39. The Labute approximate surface area is 98.4 Å². The van der Waals surface area contributed by atoms with E-state index < -0.39 is 0 Å². The van der Waals surface area contributed by atoms with E-state index in [1.54, 1.807) is 0 Å². The highest BCUT2D eigenvalue weighted by Gasteiger charge is 2.53. The van der Waals surface area contributed by atoms with Crippen molar-refractivity contribution < 1.29 is 14.2 Å². The highest BCUT2D eigenvalue weighted by Crippen LogP contribution is 2.42. The lowest BCUT2D eigenvalue weighted by Crippen LogP contribution is -2.66. The number of fused-ring (bicyclic) bond motifs is 1. The van der Waals surface area contributed by atoms with Crippen LogP contribution in [0.3, 0.4) is 0 Å². The van der Waals surface area contributed by atoms with E-state index in [-0.39, 0.29) is 29.5 Å². The van der Waals surface area contributed by atoms with Gasteiger partial charge in [-0.1, -0.05) is 6.92 Å². The summed E-state index contributed by atoms with van der Waals surface area (Å²) in [7, 11) is 0. The molecule has 2 aliphatic rings. The minimum atomic E-state index is -0.275. The molecule has 0 aromatic heterocycles. The topological polar surface area (TPSA) is 27.7 Å². The highest BCUT2D eigenvalue weighted by atomic mass is 16.6. The predicted octanol–water partition coefficient (Wildman–Crippen LogP) is 2.38. The second-order valence-corrected chi connectivity index (χ2v) is 6.20. The van der Waals surface area contributed by atoms with Crippen LogP contribution in [0.1, 0.15) is 41.5 Å². The smallest absolute Gasteiger partial charge is 0.111 e. The number of hydrogen-bond donors (Lipinski definition) is 0. The van der Waals surface area contributed by atoms with Crippen molar-refractivity contribution in [3.8, 4) is 0 Å². The molecule has 0 saturated carbocycles. The number of ether oxygens (including phenoxy) is 3. The Bertz CT molecular complexity index is 244. The molecular formula is C13H24O3. The second kappa shape index (κ2) is 3.69. The quantitative estimate of drug-likeness (QED) is 0.637. The van der Waals surface area contributed by atoms with Crippen LogP contribution in [0.15, 0.2) is 0 Å². The van der Waals surface area contributed by atoms with Gasteiger partial charge in [-0.25, -0.2) is 0 Å². The van der Waals surface area contributed by atoms with Crippen LogP contribution in [-0.4, -0.2) is 36.1 Å². The first-order valence-corrected chi connectivity index (χ1v) is 6.22. The summed E-state index contributed by atoms with van der Waals surface area (Å²) in [4.78, 5) is 0. The van der Waals surface area contributed by atoms with Crippen molar-refractivity contribution in [1.29, 1.82) is 0 Å². The molecule has 94 valence electrons. The van der Waals surface area contributed by atoms with Gasteiger partial charge in [0.05, 0.1) is 30.0 Å². The van der Waals surface area contributed by atoms with E-state index in [4.69, 9.17) is 14.2 Å². The third kappa shape index (κ3) is 1.79. The molecule has 0 radical (unpaired) electrons. The SMILES string of the molecule is C[C@@H]1CO[C@@H](C)[C@H]2OC(C)(C)C(C)(C)OC12. The van der Waals surface area contributed by atoms with E-state index in [0.717, 1.165) is 6.61 Å². The number of hydrogen-bond acceptors (Lipinski definition) is 3. The molecule has 2 heterocycles. The lowest BCUT2D eigenvalue weighted by atomic mass is 9.83. The molecule has 0 amide bonds. The van der Waals surface area contributed by atoms with Crippen molar-refractivity contribution in [3.05, 3.63) is 0 Å². The molecule has 3 heteroatoms. The monoisotopic (exact) mass is 228 g/mol. The van der Waals surface area contributed by atoms with Crippen molar-refractivity contribution >= 4 is 0 Å². The van der Waals surface area contributed by atoms with Gasteiger partial charge in [0.25, 0.3) is 0 Å². The summed E-state index contributed by atoms with van der Waals surface area (Å²) < 4.78 is 18.2. The van der Waals surface area contributed by atoms with Gasteiger partial charge in [-0.15, -0.1) is 0 Å². The van der Waals surface area contributed by atoms with Crippen molar-refractivity contribution in [2.75, 3.05) is 6.61 Å². The van der Waals surface area contributed by atoms with Gasteiger partial charge in [-0.05, 0) is 34.6 Å². The van der Waals surface area contributed by atoms with Crippen molar-refractivity contribution in [2.45, 2.75) is 71.1 Å². The fourth-order valence-corrected chi connectivity index (χ4v) is 2.39. The van der Waals surface area contributed by atoms with Gasteiger partial charge in [-0.2, -0.15) is 0 Å². The zero-order valence-corrected chi connectivity index (χ0v) is 11.2. The van der Waals surface area contributed by atoms with Gasteiger partial charge in [0.1, 0.15) is 6.10 Å². The maximum absolute atomic E-state index is 6.27. The zero-order chi connectivity index (χ0) is 12.1. The van der Waals surface area contributed by atoms with Crippen LogP contribution in [0.2, 0.25) is 0 Å². The minimum absolute atomic E-state index is 0.0618. The predicted molar refractivity (Wildman–Crippen MR) is 62.5 cm³/mol. The number of rotatable bonds is 0. The maximum atomic E-state index is 6.27. The molecule has 0 aromatic rings. The molecule has 0 aromatic carbocycles. The normalized spacial score (nSPS) is 46.1. The van der Waals surface area contributed by atoms with Crippen LogP contribution >= 0.6 is 0 Å². The minimum Gasteiger partial charge on any atom is -0.375 e. The zero-order valence-electron chi connectivity index (χ0n) is 11.2. The second-order valence-electron chi connectivity index (χ2n) is 6.20. The first kappa shape index (κ1) is 12.3. The fraction of sp³-hybridized carbons (Fsp3) is 1.00. The van der Waals surface area contributed by atoms with E-state index in [1.807, 2.05) is 0 Å². The van der Waals surface area contributed by atoms with Gasteiger partial charge >= 0.3 is 0 Å². The molecule has 2 fully saturated rings. The molecule has 1 unspecified atom stereocenters. The maximum Gasteiger partial charge on any atom is 0.111 e. The van der Waals surface area contributed by atoms with E-state index >= 15 is 0 Å². The summed E-state index contributed by atoms with van der Waals surface area (Å²) in [6, 6.07) is 0. The van der Waals surface area contributed by atoms with Crippen LogP contribution in [0, 0.1) is 5.92 Å². The highest BCUT2D eigenvalue weighted by molar-refractivity contribution is 5.00. The molecule has 4 atom stereocenters. The van der Waals surface area contributed by atoms with Gasteiger partial charge in [0, 0.05) is 5.92 Å². The van der Waals surface area contributed by atoms with E-state index in [0.29, 0.717) is 5.92 Å². The van der Waals surface area contributed by atoms with Crippen LogP contribution in [0.5, 0.6) is 0 Å². The Morgan fingerprint density at radius 3 is 1.94 bits per heavy atom. The average molecular weight is 228 g/mol. The summed E-state index contributed by atoms with van der Waals surface area (Å²) in [5, 5.41) is 0. The summed E-state index contributed by atoms with van der Waals surface area (Å²) >= 11 is 0. The molecule has 0 bridgehead atoms. The Morgan fingerprint density at radius 2 is 1.38 bits per heavy atom. The molecular weight excluding hydrogens is 204 g/mol. The van der Waals surface area contributed by atoms with Gasteiger partial charge < -0.3 is 14.2 Å². The Kier molecular flexibility index (Phi) is 2.84. The molecule has 0 spiro atoms. The molecule has 16 heavy (non-hydrogen) atoms. The van der Waals surface area contributed by atoms with Crippen molar-refractivity contribution in [1.82, 2.24) is 0 Å². The molecule has 3 nitrogen and oxygen atoms in total. The first-order valence-electron chi connectivity index (χ1n) is 6.22. The summed E-state index contributed by atoms with van der Waals surface area (Å²) in [6.45, 7) is 13.4. The van der Waals surface area contributed by atoms with Gasteiger partial charge in [0.2, 0.25) is 0 Å². The summed E-state index contributed by atoms with van der Waals surface area (Å²) in [5.41, 5.74) is -0.525. The van der Waals surface area contributed by atoms with Crippen LogP contribution < -0.4 is 0 Å². The third-order valence-corrected chi connectivity index (χ3v) is 4.28. The summed E-state index contributed by atoms with van der Waals surface area (Å²) in [6.07, 6.45) is 0.343.